The Kier molecular flexibility index (Phi) is 8.73. The number of hydrogen-bond acceptors (Lipinski definition) is 5. The second-order valence-electron chi connectivity index (χ2n) is 11.6. The first-order valence-electron chi connectivity index (χ1n) is 14.0. The van der Waals surface area contributed by atoms with Gasteiger partial charge in [-0.25, -0.2) is 0 Å². The van der Waals surface area contributed by atoms with Crippen LogP contribution in [0.2, 0.25) is 18.6 Å². The number of para-hydroxylation sites is 1. The molecule has 3 aromatic rings. The second-order valence-corrected chi connectivity index (χ2v) is 16.8. The van der Waals surface area contributed by atoms with Crippen LogP contribution in [0.5, 0.6) is 0 Å². The summed E-state index contributed by atoms with van der Waals surface area (Å²) in [5.41, 5.74) is 1.93. The first-order valence-corrected chi connectivity index (χ1v) is 18.1. The Bertz CT molecular complexity index is 1400. The van der Waals surface area contributed by atoms with Crippen molar-refractivity contribution in [3.63, 3.8) is 0 Å². The number of rotatable bonds is 9. The van der Waals surface area contributed by atoms with E-state index >= 15 is 0 Å². The van der Waals surface area contributed by atoms with Gasteiger partial charge in [-0.05, 0) is 65.0 Å². The molecule has 0 aliphatic carbocycles. The second kappa shape index (κ2) is 12.0. The lowest BCUT2D eigenvalue weighted by Crippen LogP contribution is -2.46. The predicted molar refractivity (Wildman–Crippen MR) is 170 cm³/mol. The van der Waals surface area contributed by atoms with Crippen LogP contribution in [0.1, 0.15) is 30.0 Å². The topological polar surface area (TPSA) is 90.3 Å². The van der Waals surface area contributed by atoms with Crippen LogP contribution in [-0.2, 0) is 33.0 Å². The molecular weight excluding hydrogens is 647 g/mol. The van der Waals surface area contributed by atoms with Crippen molar-refractivity contribution in [1.29, 1.82) is 0 Å². The number of aliphatic hydroxyl groups is 1. The highest BCUT2D eigenvalue weighted by molar-refractivity contribution is 14.1. The van der Waals surface area contributed by atoms with Gasteiger partial charge in [-0.15, -0.1) is 0 Å². The molecule has 3 aromatic carbocycles. The van der Waals surface area contributed by atoms with Crippen LogP contribution in [0.4, 0.5) is 5.69 Å². The molecule has 2 aliphatic rings. The monoisotopic (exact) mass is 684 g/mol. The number of carbonyl (C=O) groups is 2. The van der Waals surface area contributed by atoms with Crippen LogP contribution in [0.25, 0.3) is 0 Å². The van der Waals surface area contributed by atoms with Gasteiger partial charge in [0.05, 0.1) is 31.4 Å². The molecule has 1 spiro atoms. The molecule has 9 heteroatoms. The highest BCUT2D eigenvalue weighted by atomic mass is 127. The zero-order valence-corrected chi connectivity index (χ0v) is 26.8. The number of benzene rings is 3. The van der Waals surface area contributed by atoms with E-state index < -0.39 is 20.0 Å². The van der Waals surface area contributed by atoms with Crippen LogP contribution in [0.15, 0.2) is 78.9 Å². The maximum absolute atomic E-state index is 14.5. The molecule has 4 atom stereocenters. The zero-order chi connectivity index (χ0) is 29.4. The minimum Gasteiger partial charge on any atom is -0.432 e. The van der Waals surface area contributed by atoms with Gasteiger partial charge < -0.3 is 24.4 Å². The van der Waals surface area contributed by atoms with Crippen LogP contribution in [-0.4, -0.2) is 54.2 Å². The molecule has 0 bridgehead atoms. The number of ether oxygens (including phenoxy) is 1. The Morgan fingerprint density at radius 1 is 1.02 bits per heavy atom. The number of carbonyl (C=O) groups excluding carboxylic acids is 2. The molecule has 41 heavy (non-hydrogen) atoms. The van der Waals surface area contributed by atoms with Crippen LogP contribution >= 0.6 is 22.6 Å². The van der Waals surface area contributed by atoms with Gasteiger partial charge in [0.25, 0.3) is 5.91 Å². The molecule has 0 aromatic heterocycles. The summed E-state index contributed by atoms with van der Waals surface area (Å²) in [6.45, 7) is 6.50. The Labute approximate surface area is 256 Å². The number of hydrogen-bond donors (Lipinski definition) is 2. The SMILES string of the molecule is C[C@H]1[C@H]([Si](C)(C)O)[C@@H](CC(=O)N(CCO)Cc2ccccc2)O[C@]12C(=O)N(Cc1ccc(I)cc1)c1ccccc12. The fraction of sp³-hybridized carbons (Fsp3) is 0.375. The first-order chi connectivity index (χ1) is 19.6. The molecule has 2 N–H and O–H groups in total. The van der Waals surface area contributed by atoms with Gasteiger partial charge in [0.2, 0.25) is 5.91 Å². The van der Waals surface area contributed by atoms with E-state index in [-0.39, 0.29) is 42.8 Å². The lowest BCUT2D eigenvalue weighted by molar-refractivity contribution is -0.150. The van der Waals surface area contributed by atoms with E-state index in [1.165, 1.54) is 0 Å². The van der Waals surface area contributed by atoms with Crippen LogP contribution in [0.3, 0.4) is 0 Å². The normalized spacial score (nSPS) is 23.7. The van der Waals surface area contributed by atoms with E-state index in [4.69, 9.17) is 4.74 Å². The van der Waals surface area contributed by atoms with Gasteiger partial charge >= 0.3 is 0 Å². The molecule has 0 radical (unpaired) electrons. The van der Waals surface area contributed by atoms with Crippen LogP contribution < -0.4 is 4.90 Å². The number of amides is 2. The minimum atomic E-state index is -2.91. The number of anilines is 1. The Morgan fingerprint density at radius 2 is 1.68 bits per heavy atom. The van der Waals surface area contributed by atoms with Crippen molar-refractivity contribution >= 4 is 48.4 Å². The van der Waals surface area contributed by atoms with Crippen molar-refractivity contribution in [3.8, 4) is 0 Å². The smallest absolute Gasteiger partial charge is 0.264 e. The van der Waals surface area contributed by atoms with Crippen molar-refractivity contribution in [2.75, 3.05) is 18.1 Å². The van der Waals surface area contributed by atoms with Crippen molar-refractivity contribution < 1.29 is 24.2 Å². The Balaban J connectivity index is 1.48. The maximum Gasteiger partial charge on any atom is 0.264 e. The lowest BCUT2D eigenvalue weighted by Gasteiger charge is -2.32. The average Bonchev–Trinajstić information content (AvgIpc) is 3.37. The van der Waals surface area contributed by atoms with Crippen molar-refractivity contribution in [3.05, 3.63) is 99.1 Å². The summed E-state index contributed by atoms with van der Waals surface area (Å²) in [7, 11) is -2.91. The molecule has 1 fully saturated rings. The number of fused-ring (bicyclic) bond motifs is 2. The standard InChI is InChI=1S/C32H37IN2O5Si/c1-22-30(41(2,3)39)28(19-29(37)34(17-18-36)20-23-9-5-4-6-10-23)40-32(22)26-11-7-8-12-27(26)35(31(32)38)21-24-13-15-25(33)16-14-24/h4-16,22,28,30,36,39H,17-21H2,1-3H3/t22-,28+,30-,32+/m0/s1. The molecule has 1 saturated heterocycles. The first kappa shape index (κ1) is 29.9. The molecule has 7 nitrogen and oxygen atoms in total. The van der Waals surface area contributed by atoms with Crippen LogP contribution in [0, 0.1) is 9.49 Å². The lowest BCUT2D eigenvalue weighted by atomic mass is 9.82. The van der Waals surface area contributed by atoms with E-state index in [1.54, 1.807) is 9.80 Å². The molecule has 216 valence electrons. The highest BCUT2D eigenvalue weighted by Crippen LogP contribution is 2.59. The van der Waals surface area contributed by atoms with Crippen molar-refractivity contribution in [2.45, 2.75) is 56.8 Å². The van der Waals surface area contributed by atoms with E-state index in [0.717, 1.165) is 25.9 Å². The van der Waals surface area contributed by atoms with Gasteiger partial charge in [-0.3, -0.25) is 9.59 Å². The quantitative estimate of drug-likeness (QED) is 0.244. The van der Waals surface area contributed by atoms with Gasteiger partial charge in [-0.2, -0.15) is 0 Å². The summed E-state index contributed by atoms with van der Waals surface area (Å²) >= 11 is 2.27. The fourth-order valence-electron chi connectivity index (χ4n) is 6.68. The summed E-state index contributed by atoms with van der Waals surface area (Å²) in [5.74, 6) is -0.669. The third kappa shape index (κ3) is 5.74. The van der Waals surface area contributed by atoms with Gasteiger partial charge in [0, 0.05) is 33.7 Å². The summed E-state index contributed by atoms with van der Waals surface area (Å²) in [5, 5.41) is 9.72. The third-order valence-electron chi connectivity index (χ3n) is 8.46. The van der Waals surface area contributed by atoms with E-state index in [1.807, 2.05) is 98.9 Å². The molecular formula is C32H37IN2O5Si. The third-order valence-corrected chi connectivity index (χ3v) is 11.7. The molecule has 2 aliphatic heterocycles. The summed E-state index contributed by atoms with van der Waals surface area (Å²) in [6, 6.07) is 25.5. The Hall–Kier alpha value is -2.57. The number of nitrogens with zero attached hydrogens (tertiary/aromatic N) is 2. The summed E-state index contributed by atoms with van der Waals surface area (Å²) in [4.78, 5) is 43.1. The zero-order valence-electron chi connectivity index (χ0n) is 23.7. The number of aliphatic hydroxyl groups excluding tert-OH is 1. The maximum atomic E-state index is 14.5. The van der Waals surface area contributed by atoms with Gasteiger partial charge in [-0.1, -0.05) is 67.6 Å². The largest absolute Gasteiger partial charge is 0.432 e. The molecule has 5 rings (SSSR count). The molecule has 2 amide bonds. The predicted octanol–water partition coefficient (Wildman–Crippen LogP) is 5.05. The van der Waals surface area contributed by atoms with E-state index in [0.29, 0.717) is 13.1 Å². The minimum absolute atomic E-state index is 0.0210. The van der Waals surface area contributed by atoms with E-state index in [9.17, 15) is 19.5 Å². The van der Waals surface area contributed by atoms with Crippen molar-refractivity contribution in [2.24, 2.45) is 5.92 Å². The highest BCUT2D eigenvalue weighted by Gasteiger charge is 2.66. The van der Waals surface area contributed by atoms with Crippen molar-refractivity contribution in [1.82, 2.24) is 4.90 Å². The number of halogens is 1. The average molecular weight is 685 g/mol. The van der Waals surface area contributed by atoms with Gasteiger partial charge in [0.15, 0.2) is 13.9 Å². The Morgan fingerprint density at radius 3 is 2.34 bits per heavy atom. The fourth-order valence-corrected chi connectivity index (χ4v) is 9.59. The van der Waals surface area contributed by atoms with E-state index in [2.05, 4.69) is 22.6 Å². The molecule has 0 unspecified atom stereocenters. The summed E-state index contributed by atoms with van der Waals surface area (Å²) < 4.78 is 7.93. The summed E-state index contributed by atoms with van der Waals surface area (Å²) in [6.07, 6.45) is -0.621. The molecule has 2 heterocycles. The van der Waals surface area contributed by atoms with Gasteiger partial charge in [0.1, 0.15) is 0 Å². The molecule has 0 saturated carbocycles.